The molecule has 2 heterocycles. The molecule has 6 heteroatoms. The normalized spacial score (nSPS) is 22.0. The molecule has 1 aliphatic rings. The average molecular weight is 250 g/mol. The van der Waals surface area contributed by atoms with Crippen LogP contribution in [0.25, 0.3) is 0 Å². The van der Waals surface area contributed by atoms with E-state index in [1.165, 1.54) is 5.56 Å². The van der Waals surface area contributed by atoms with Crippen LogP contribution in [0, 0.1) is 0 Å². The van der Waals surface area contributed by atoms with E-state index in [4.69, 9.17) is 15.7 Å². The van der Waals surface area contributed by atoms with Gasteiger partial charge in [0.15, 0.2) is 5.84 Å². The van der Waals surface area contributed by atoms with Crippen LogP contribution in [-0.2, 0) is 11.2 Å². The van der Waals surface area contributed by atoms with E-state index in [-0.39, 0.29) is 11.9 Å². The summed E-state index contributed by atoms with van der Waals surface area (Å²) in [7, 11) is 0. The molecular formula is C12H18N4O2. The van der Waals surface area contributed by atoms with Gasteiger partial charge in [0.1, 0.15) is 6.10 Å². The summed E-state index contributed by atoms with van der Waals surface area (Å²) in [4.78, 5) is 6.34. The van der Waals surface area contributed by atoms with Gasteiger partial charge in [0.2, 0.25) is 0 Å². The highest BCUT2D eigenvalue weighted by Crippen LogP contribution is 2.07. The molecule has 3 N–H and O–H groups in total. The van der Waals surface area contributed by atoms with Crippen LogP contribution in [0.3, 0.4) is 0 Å². The molecule has 1 aliphatic heterocycles. The van der Waals surface area contributed by atoms with Crippen molar-refractivity contribution < 1.29 is 9.94 Å². The van der Waals surface area contributed by atoms with Crippen molar-refractivity contribution in [3.05, 3.63) is 30.1 Å². The van der Waals surface area contributed by atoms with Gasteiger partial charge in [-0.1, -0.05) is 11.2 Å². The number of aromatic nitrogens is 1. The maximum absolute atomic E-state index is 8.64. The number of nitrogens with two attached hydrogens (primary N) is 1. The molecule has 0 bridgehead atoms. The lowest BCUT2D eigenvalue weighted by molar-refractivity contribution is 0.00517. The van der Waals surface area contributed by atoms with Crippen LogP contribution in [0.2, 0.25) is 0 Å². The molecule has 1 saturated heterocycles. The number of amidine groups is 1. The van der Waals surface area contributed by atoms with Crippen LogP contribution in [0.15, 0.2) is 29.7 Å². The van der Waals surface area contributed by atoms with Gasteiger partial charge in [-0.15, -0.1) is 0 Å². The van der Waals surface area contributed by atoms with Crippen LogP contribution in [-0.4, -0.2) is 53.3 Å². The zero-order chi connectivity index (χ0) is 12.8. The van der Waals surface area contributed by atoms with Crippen LogP contribution in [0.4, 0.5) is 0 Å². The number of morpholine rings is 1. The fourth-order valence-electron chi connectivity index (χ4n) is 1.98. The number of ether oxygens (including phenoxy) is 1. The first-order valence-corrected chi connectivity index (χ1v) is 6.00. The van der Waals surface area contributed by atoms with Crippen molar-refractivity contribution in [1.29, 1.82) is 0 Å². The van der Waals surface area contributed by atoms with Gasteiger partial charge in [0.05, 0.1) is 6.61 Å². The van der Waals surface area contributed by atoms with E-state index in [1.54, 1.807) is 6.20 Å². The number of rotatable bonds is 4. The molecule has 0 aliphatic carbocycles. The zero-order valence-corrected chi connectivity index (χ0v) is 10.2. The quantitative estimate of drug-likeness (QED) is 0.342. The first-order valence-electron chi connectivity index (χ1n) is 6.00. The van der Waals surface area contributed by atoms with E-state index in [9.17, 15) is 0 Å². The maximum Gasteiger partial charge on any atom is 0.169 e. The van der Waals surface area contributed by atoms with E-state index in [2.05, 4.69) is 21.1 Å². The second-order valence-electron chi connectivity index (χ2n) is 4.30. The SMILES string of the molecule is NC(=NO)C1CN(CCc2cccnc2)CCO1. The Morgan fingerprint density at radius 3 is 3.28 bits per heavy atom. The van der Waals surface area contributed by atoms with Crippen molar-refractivity contribution in [3.63, 3.8) is 0 Å². The summed E-state index contributed by atoms with van der Waals surface area (Å²) >= 11 is 0. The van der Waals surface area contributed by atoms with Gasteiger partial charge >= 0.3 is 0 Å². The molecule has 1 fully saturated rings. The van der Waals surface area contributed by atoms with Gasteiger partial charge in [-0.25, -0.2) is 0 Å². The fourth-order valence-corrected chi connectivity index (χ4v) is 1.98. The number of pyridine rings is 1. The fraction of sp³-hybridized carbons (Fsp3) is 0.500. The summed E-state index contributed by atoms with van der Waals surface area (Å²) in [6, 6.07) is 4.00. The summed E-state index contributed by atoms with van der Waals surface area (Å²) in [6.07, 6.45) is 4.28. The van der Waals surface area contributed by atoms with Crippen molar-refractivity contribution in [2.75, 3.05) is 26.2 Å². The minimum atomic E-state index is -0.308. The topological polar surface area (TPSA) is 84.0 Å². The van der Waals surface area contributed by atoms with Crippen LogP contribution in [0.5, 0.6) is 0 Å². The zero-order valence-electron chi connectivity index (χ0n) is 10.2. The molecule has 1 aromatic rings. The Morgan fingerprint density at radius 1 is 1.67 bits per heavy atom. The largest absolute Gasteiger partial charge is 0.409 e. The van der Waals surface area contributed by atoms with E-state index in [0.717, 1.165) is 19.5 Å². The number of oxime groups is 1. The molecule has 0 spiro atoms. The molecule has 1 unspecified atom stereocenters. The molecule has 6 nitrogen and oxygen atoms in total. The number of nitrogens with zero attached hydrogens (tertiary/aromatic N) is 3. The Bertz CT molecular complexity index is 396. The Hall–Kier alpha value is -1.66. The third-order valence-electron chi connectivity index (χ3n) is 3.04. The first kappa shape index (κ1) is 12.8. The molecule has 1 aromatic heterocycles. The molecule has 0 radical (unpaired) electrons. The molecule has 0 amide bonds. The second-order valence-corrected chi connectivity index (χ2v) is 4.30. The monoisotopic (exact) mass is 250 g/mol. The minimum Gasteiger partial charge on any atom is -0.409 e. The lowest BCUT2D eigenvalue weighted by atomic mass is 10.2. The average Bonchev–Trinajstić information content (AvgIpc) is 2.45. The van der Waals surface area contributed by atoms with Crippen molar-refractivity contribution in [3.8, 4) is 0 Å². The molecule has 98 valence electrons. The van der Waals surface area contributed by atoms with Gasteiger partial charge in [-0.2, -0.15) is 0 Å². The highest BCUT2D eigenvalue weighted by atomic mass is 16.5. The van der Waals surface area contributed by atoms with Gasteiger partial charge in [0, 0.05) is 32.0 Å². The standard InChI is InChI=1S/C12H18N4O2/c13-12(15-17)11-9-16(6-7-18-11)5-3-10-2-1-4-14-8-10/h1-2,4,8,11,17H,3,5-7,9H2,(H2,13,15). The second kappa shape index (κ2) is 6.32. The Balaban J connectivity index is 1.83. The third-order valence-corrected chi connectivity index (χ3v) is 3.04. The summed E-state index contributed by atoms with van der Waals surface area (Å²) in [6.45, 7) is 3.06. The molecule has 0 saturated carbocycles. The van der Waals surface area contributed by atoms with Gasteiger partial charge in [-0.05, 0) is 18.1 Å². The van der Waals surface area contributed by atoms with Crippen LogP contribution >= 0.6 is 0 Å². The molecule has 1 atom stereocenters. The predicted octanol–water partition coefficient (Wildman–Crippen LogP) is 0.0713. The van der Waals surface area contributed by atoms with E-state index >= 15 is 0 Å². The lowest BCUT2D eigenvalue weighted by Gasteiger charge is -2.32. The first-order chi connectivity index (χ1) is 8.79. The minimum absolute atomic E-state index is 0.140. The van der Waals surface area contributed by atoms with Crippen LogP contribution in [0.1, 0.15) is 5.56 Å². The van der Waals surface area contributed by atoms with E-state index in [0.29, 0.717) is 13.2 Å². The molecule has 0 aromatic carbocycles. The molecule has 18 heavy (non-hydrogen) atoms. The van der Waals surface area contributed by atoms with Gasteiger partial charge in [0.25, 0.3) is 0 Å². The van der Waals surface area contributed by atoms with E-state index in [1.807, 2.05) is 12.3 Å². The van der Waals surface area contributed by atoms with Crippen molar-refractivity contribution >= 4 is 5.84 Å². The molecule has 2 rings (SSSR count). The highest BCUT2D eigenvalue weighted by molar-refractivity contribution is 5.84. The van der Waals surface area contributed by atoms with Crippen molar-refractivity contribution in [1.82, 2.24) is 9.88 Å². The Kier molecular flexibility index (Phi) is 4.49. The van der Waals surface area contributed by atoms with E-state index < -0.39 is 0 Å². The lowest BCUT2D eigenvalue weighted by Crippen LogP contribution is -2.48. The van der Waals surface area contributed by atoms with Crippen molar-refractivity contribution in [2.24, 2.45) is 10.9 Å². The third kappa shape index (κ3) is 3.41. The maximum atomic E-state index is 8.64. The number of hydrogen-bond acceptors (Lipinski definition) is 5. The smallest absolute Gasteiger partial charge is 0.169 e. The predicted molar refractivity (Wildman–Crippen MR) is 67.5 cm³/mol. The van der Waals surface area contributed by atoms with Gasteiger partial charge < -0.3 is 15.7 Å². The number of hydrogen-bond donors (Lipinski definition) is 2. The summed E-state index contributed by atoms with van der Waals surface area (Å²) < 4.78 is 5.44. The van der Waals surface area contributed by atoms with Crippen LogP contribution < -0.4 is 5.73 Å². The van der Waals surface area contributed by atoms with Gasteiger partial charge in [-0.3, -0.25) is 9.88 Å². The summed E-state index contributed by atoms with van der Waals surface area (Å²) in [5.74, 6) is 0.140. The highest BCUT2D eigenvalue weighted by Gasteiger charge is 2.23. The summed E-state index contributed by atoms with van der Waals surface area (Å²) in [5, 5.41) is 11.6. The molecular weight excluding hydrogens is 232 g/mol. The Labute approximate surface area is 106 Å². The van der Waals surface area contributed by atoms with Crippen molar-refractivity contribution in [2.45, 2.75) is 12.5 Å². The Morgan fingerprint density at radius 2 is 2.56 bits per heavy atom. The summed E-state index contributed by atoms with van der Waals surface area (Å²) in [5.41, 5.74) is 6.77.